The molecule has 0 aliphatic carbocycles. The predicted octanol–water partition coefficient (Wildman–Crippen LogP) is 2.90. The second-order valence-corrected chi connectivity index (χ2v) is 3.79. The fourth-order valence-electron chi connectivity index (χ4n) is 0.871. The number of carbonyl (C=O) groups is 1. The number of methoxy groups -OCH3 is 1. The molecule has 4 heteroatoms. The highest BCUT2D eigenvalue weighted by molar-refractivity contribution is 9.10. The van der Waals surface area contributed by atoms with Gasteiger partial charge in [-0.3, -0.25) is 4.79 Å². The average molecular weight is 264 g/mol. The highest BCUT2D eigenvalue weighted by Gasteiger charge is 2.17. The van der Waals surface area contributed by atoms with Crippen molar-refractivity contribution >= 4 is 33.5 Å². The summed E-state index contributed by atoms with van der Waals surface area (Å²) in [5, 5.41) is -0.724. The molecule has 0 saturated carbocycles. The Labute approximate surface area is 90.0 Å². The Balaban J connectivity index is 2.83. The van der Waals surface area contributed by atoms with Crippen molar-refractivity contribution < 1.29 is 9.53 Å². The summed E-state index contributed by atoms with van der Waals surface area (Å²) in [6, 6.07) is 7.21. The SMILES string of the molecule is COC(=O)[C@H](Cl)c1ccc(Br)cc1. The Kier molecular flexibility index (Phi) is 3.75. The van der Waals surface area contributed by atoms with Crippen LogP contribution < -0.4 is 0 Å². The first-order chi connectivity index (χ1) is 6.15. The van der Waals surface area contributed by atoms with Crippen molar-refractivity contribution in [2.24, 2.45) is 0 Å². The maximum Gasteiger partial charge on any atom is 0.328 e. The van der Waals surface area contributed by atoms with Gasteiger partial charge >= 0.3 is 5.97 Å². The van der Waals surface area contributed by atoms with Crippen molar-refractivity contribution in [1.82, 2.24) is 0 Å². The second kappa shape index (κ2) is 4.63. The zero-order chi connectivity index (χ0) is 9.84. The van der Waals surface area contributed by atoms with E-state index >= 15 is 0 Å². The lowest BCUT2D eigenvalue weighted by Crippen LogP contribution is -2.08. The number of benzene rings is 1. The van der Waals surface area contributed by atoms with E-state index in [2.05, 4.69) is 20.7 Å². The van der Waals surface area contributed by atoms with Gasteiger partial charge in [-0.15, -0.1) is 11.6 Å². The van der Waals surface area contributed by atoms with Crippen LogP contribution in [0.4, 0.5) is 0 Å². The molecule has 0 aliphatic rings. The molecule has 0 aliphatic heterocycles. The van der Waals surface area contributed by atoms with Gasteiger partial charge in [-0.2, -0.15) is 0 Å². The topological polar surface area (TPSA) is 26.3 Å². The van der Waals surface area contributed by atoms with E-state index in [4.69, 9.17) is 11.6 Å². The van der Waals surface area contributed by atoms with Crippen LogP contribution in [0.2, 0.25) is 0 Å². The second-order valence-electron chi connectivity index (χ2n) is 2.44. The highest BCUT2D eigenvalue weighted by Crippen LogP contribution is 2.23. The van der Waals surface area contributed by atoms with Crippen molar-refractivity contribution in [3.05, 3.63) is 34.3 Å². The molecule has 1 aromatic carbocycles. The van der Waals surface area contributed by atoms with Crippen LogP contribution in [0.25, 0.3) is 0 Å². The number of halogens is 2. The van der Waals surface area contributed by atoms with Crippen LogP contribution in [0.3, 0.4) is 0 Å². The molecule has 0 amide bonds. The summed E-state index contributed by atoms with van der Waals surface area (Å²) < 4.78 is 5.46. The van der Waals surface area contributed by atoms with Gasteiger partial charge < -0.3 is 4.74 Å². The van der Waals surface area contributed by atoms with Gasteiger partial charge in [-0.1, -0.05) is 28.1 Å². The van der Waals surface area contributed by atoms with Gasteiger partial charge in [0.05, 0.1) is 7.11 Å². The first kappa shape index (κ1) is 10.5. The Morgan fingerprint density at radius 2 is 2.00 bits per heavy atom. The van der Waals surface area contributed by atoms with Crippen LogP contribution in [0, 0.1) is 0 Å². The van der Waals surface area contributed by atoms with Gasteiger partial charge in [-0.25, -0.2) is 0 Å². The summed E-state index contributed by atoms with van der Waals surface area (Å²) in [5.41, 5.74) is 0.733. The van der Waals surface area contributed by atoms with Crippen molar-refractivity contribution in [1.29, 1.82) is 0 Å². The zero-order valence-corrected chi connectivity index (χ0v) is 9.30. The summed E-state index contributed by atoms with van der Waals surface area (Å²) >= 11 is 9.11. The van der Waals surface area contributed by atoms with Gasteiger partial charge in [-0.05, 0) is 17.7 Å². The molecule has 0 unspecified atom stereocenters. The molecule has 70 valence electrons. The summed E-state index contributed by atoms with van der Waals surface area (Å²) in [5.74, 6) is -0.441. The fraction of sp³-hybridized carbons (Fsp3) is 0.222. The van der Waals surface area contributed by atoms with E-state index in [1.165, 1.54) is 7.11 Å². The van der Waals surface area contributed by atoms with Gasteiger partial charge in [0.15, 0.2) is 5.38 Å². The largest absolute Gasteiger partial charge is 0.468 e. The molecule has 1 aromatic rings. The third kappa shape index (κ3) is 2.71. The molecule has 0 saturated heterocycles. The van der Waals surface area contributed by atoms with E-state index in [0.29, 0.717) is 0 Å². The van der Waals surface area contributed by atoms with E-state index in [1.54, 1.807) is 12.1 Å². The van der Waals surface area contributed by atoms with Crippen molar-refractivity contribution in [2.75, 3.05) is 7.11 Å². The van der Waals surface area contributed by atoms with Crippen molar-refractivity contribution in [3.63, 3.8) is 0 Å². The monoisotopic (exact) mass is 262 g/mol. The molecule has 13 heavy (non-hydrogen) atoms. The molecule has 0 radical (unpaired) electrons. The highest BCUT2D eigenvalue weighted by atomic mass is 79.9. The van der Waals surface area contributed by atoms with E-state index < -0.39 is 11.3 Å². The molecule has 0 bridgehead atoms. The number of rotatable bonds is 2. The van der Waals surface area contributed by atoms with Crippen molar-refractivity contribution in [2.45, 2.75) is 5.38 Å². The number of ether oxygens (including phenoxy) is 1. The normalized spacial score (nSPS) is 12.2. The molecule has 2 nitrogen and oxygen atoms in total. The van der Waals surface area contributed by atoms with E-state index in [9.17, 15) is 4.79 Å². The summed E-state index contributed by atoms with van der Waals surface area (Å²) in [6.07, 6.45) is 0. The lowest BCUT2D eigenvalue weighted by molar-refractivity contribution is -0.140. The standard InChI is InChI=1S/C9H8BrClO2/c1-13-9(12)8(11)6-2-4-7(10)5-3-6/h2-5,8H,1H3/t8-/m1/s1. The lowest BCUT2D eigenvalue weighted by Gasteiger charge is -2.06. The molecule has 0 N–H and O–H groups in total. The van der Waals surface area contributed by atoms with Crippen LogP contribution in [0.15, 0.2) is 28.7 Å². The molecule has 0 fully saturated rings. The predicted molar refractivity (Wildman–Crippen MR) is 54.8 cm³/mol. The molecular weight excluding hydrogens is 255 g/mol. The number of hydrogen-bond acceptors (Lipinski definition) is 2. The summed E-state index contributed by atoms with van der Waals surface area (Å²) in [7, 11) is 1.32. The Bertz CT molecular complexity index is 297. The lowest BCUT2D eigenvalue weighted by atomic mass is 10.1. The van der Waals surface area contributed by atoms with Gasteiger partial charge in [0.25, 0.3) is 0 Å². The first-order valence-electron chi connectivity index (χ1n) is 3.62. The van der Waals surface area contributed by atoms with Crippen LogP contribution >= 0.6 is 27.5 Å². The van der Waals surface area contributed by atoms with Gasteiger partial charge in [0, 0.05) is 4.47 Å². The minimum absolute atomic E-state index is 0.441. The minimum atomic E-state index is -0.724. The van der Waals surface area contributed by atoms with Crippen molar-refractivity contribution in [3.8, 4) is 0 Å². The number of carbonyl (C=O) groups excluding carboxylic acids is 1. The van der Waals surface area contributed by atoms with E-state index in [1.807, 2.05) is 12.1 Å². The molecule has 1 atom stereocenters. The quantitative estimate of drug-likeness (QED) is 0.606. The maximum atomic E-state index is 11.0. The number of esters is 1. The van der Waals surface area contributed by atoms with Crippen LogP contribution in [0.1, 0.15) is 10.9 Å². The molecule has 1 rings (SSSR count). The molecule has 0 aromatic heterocycles. The number of alkyl halides is 1. The zero-order valence-electron chi connectivity index (χ0n) is 6.96. The maximum absolute atomic E-state index is 11.0. The Hall–Kier alpha value is -0.540. The first-order valence-corrected chi connectivity index (χ1v) is 4.85. The van der Waals surface area contributed by atoms with Crippen LogP contribution in [-0.2, 0) is 9.53 Å². The number of hydrogen-bond donors (Lipinski definition) is 0. The third-order valence-corrected chi connectivity index (χ3v) is 2.53. The van der Waals surface area contributed by atoms with Crippen LogP contribution in [0.5, 0.6) is 0 Å². The van der Waals surface area contributed by atoms with Gasteiger partial charge in [0.2, 0.25) is 0 Å². The van der Waals surface area contributed by atoms with E-state index in [-0.39, 0.29) is 0 Å². The fourth-order valence-corrected chi connectivity index (χ4v) is 1.37. The average Bonchev–Trinajstić information content (AvgIpc) is 2.17. The minimum Gasteiger partial charge on any atom is -0.468 e. The smallest absolute Gasteiger partial charge is 0.328 e. The molecule has 0 heterocycles. The van der Waals surface area contributed by atoms with Gasteiger partial charge in [0.1, 0.15) is 0 Å². The Morgan fingerprint density at radius 1 is 1.46 bits per heavy atom. The summed E-state index contributed by atoms with van der Waals surface area (Å²) in [6.45, 7) is 0. The summed E-state index contributed by atoms with van der Waals surface area (Å²) in [4.78, 5) is 11.0. The van der Waals surface area contributed by atoms with Crippen LogP contribution in [-0.4, -0.2) is 13.1 Å². The Morgan fingerprint density at radius 3 is 2.46 bits per heavy atom. The molecular formula is C9H8BrClO2. The third-order valence-electron chi connectivity index (χ3n) is 1.57. The van der Waals surface area contributed by atoms with E-state index in [0.717, 1.165) is 10.0 Å². The molecule has 0 spiro atoms.